The molecule has 4 nitrogen and oxygen atoms in total. The molecule has 2 heterocycles. The van der Waals surface area contributed by atoms with Crippen LogP contribution in [0, 0.1) is 0 Å². The van der Waals surface area contributed by atoms with Crippen LogP contribution in [0.25, 0.3) is 22.4 Å². The lowest BCUT2D eigenvalue weighted by atomic mass is 10.0. The summed E-state index contributed by atoms with van der Waals surface area (Å²) >= 11 is 1.45. The molecule has 0 N–H and O–H groups in total. The molecule has 0 unspecified atom stereocenters. The van der Waals surface area contributed by atoms with E-state index in [1.807, 2.05) is 35.2 Å². The average molecular weight is 375 g/mol. The third-order valence-corrected chi connectivity index (χ3v) is 5.63. The Hall–Kier alpha value is -2.66. The predicted molar refractivity (Wildman–Crippen MR) is 109 cm³/mol. The normalized spacial score (nSPS) is 13.7. The van der Waals surface area contributed by atoms with Gasteiger partial charge in [0, 0.05) is 18.7 Å². The van der Waals surface area contributed by atoms with Crippen molar-refractivity contribution in [1.29, 1.82) is 0 Å². The molecular formula is C22H21N3OS. The minimum atomic E-state index is 0.194. The van der Waals surface area contributed by atoms with Crippen LogP contribution in [0.5, 0.6) is 0 Å². The van der Waals surface area contributed by atoms with Crippen molar-refractivity contribution < 1.29 is 4.79 Å². The lowest BCUT2D eigenvalue weighted by molar-refractivity contribution is -0.127. The summed E-state index contributed by atoms with van der Waals surface area (Å²) in [6.45, 7) is 1.78. The Balaban J connectivity index is 1.39. The fourth-order valence-electron chi connectivity index (χ4n) is 3.21. The molecule has 1 aliphatic heterocycles. The third-order valence-electron chi connectivity index (χ3n) is 4.73. The second-order valence-corrected chi connectivity index (χ2v) is 7.57. The standard InChI is InChI=1S/C22H21N3OS/c26-22(25-14-4-5-15-25)16-27-21-13-12-20(23-24-21)19-10-8-18(9-11-19)17-6-2-1-3-7-17/h1-3,6-13H,4-5,14-16H2. The van der Waals surface area contributed by atoms with Crippen molar-refractivity contribution in [2.75, 3.05) is 18.8 Å². The van der Waals surface area contributed by atoms with Gasteiger partial charge < -0.3 is 4.90 Å². The first kappa shape index (κ1) is 17.7. The minimum absolute atomic E-state index is 0.194. The molecule has 4 rings (SSSR count). The van der Waals surface area contributed by atoms with Gasteiger partial charge in [0.05, 0.1) is 11.4 Å². The van der Waals surface area contributed by atoms with Gasteiger partial charge in [0.2, 0.25) is 5.91 Å². The van der Waals surface area contributed by atoms with Gasteiger partial charge in [-0.25, -0.2) is 0 Å². The summed E-state index contributed by atoms with van der Waals surface area (Å²) in [6, 6.07) is 22.5. The van der Waals surface area contributed by atoms with Crippen molar-refractivity contribution >= 4 is 17.7 Å². The summed E-state index contributed by atoms with van der Waals surface area (Å²) < 4.78 is 0. The zero-order valence-electron chi connectivity index (χ0n) is 15.0. The Morgan fingerprint density at radius 2 is 1.48 bits per heavy atom. The summed E-state index contributed by atoms with van der Waals surface area (Å²) in [6.07, 6.45) is 2.24. The van der Waals surface area contributed by atoms with Gasteiger partial charge in [-0.05, 0) is 36.1 Å². The van der Waals surface area contributed by atoms with Gasteiger partial charge in [0.25, 0.3) is 0 Å². The molecule has 5 heteroatoms. The van der Waals surface area contributed by atoms with E-state index in [0.717, 1.165) is 42.2 Å². The van der Waals surface area contributed by atoms with E-state index in [4.69, 9.17) is 0 Å². The number of hydrogen-bond donors (Lipinski definition) is 0. The third kappa shape index (κ3) is 4.37. The van der Waals surface area contributed by atoms with Crippen molar-refractivity contribution in [3.63, 3.8) is 0 Å². The lowest BCUT2D eigenvalue weighted by Crippen LogP contribution is -2.29. The minimum Gasteiger partial charge on any atom is -0.342 e. The lowest BCUT2D eigenvalue weighted by Gasteiger charge is -2.14. The van der Waals surface area contributed by atoms with Gasteiger partial charge in [-0.1, -0.05) is 66.4 Å². The van der Waals surface area contributed by atoms with Crippen LogP contribution < -0.4 is 0 Å². The number of likely N-dealkylation sites (tertiary alicyclic amines) is 1. The van der Waals surface area contributed by atoms with E-state index in [1.165, 1.54) is 22.9 Å². The van der Waals surface area contributed by atoms with Crippen molar-refractivity contribution in [2.24, 2.45) is 0 Å². The molecule has 2 aromatic carbocycles. The fraction of sp³-hybridized carbons (Fsp3) is 0.227. The Morgan fingerprint density at radius 3 is 2.15 bits per heavy atom. The monoisotopic (exact) mass is 375 g/mol. The molecule has 1 aromatic heterocycles. The van der Waals surface area contributed by atoms with Crippen LogP contribution in [0.2, 0.25) is 0 Å². The van der Waals surface area contributed by atoms with Gasteiger partial charge in [-0.2, -0.15) is 0 Å². The summed E-state index contributed by atoms with van der Waals surface area (Å²) in [7, 11) is 0. The number of benzene rings is 2. The Kier molecular flexibility index (Phi) is 5.49. The quantitative estimate of drug-likeness (QED) is 0.615. The van der Waals surface area contributed by atoms with Crippen LogP contribution >= 0.6 is 11.8 Å². The van der Waals surface area contributed by atoms with Crippen LogP contribution in [0.1, 0.15) is 12.8 Å². The molecule has 1 aliphatic rings. The van der Waals surface area contributed by atoms with Gasteiger partial charge in [-0.3, -0.25) is 4.79 Å². The molecule has 0 atom stereocenters. The molecule has 136 valence electrons. The maximum atomic E-state index is 12.1. The van der Waals surface area contributed by atoms with Crippen LogP contribution in [-0.2, 0) is 4.79 Å². The van der Waals surface area contributed by atoms with E-state index in [0.29, 0.717) is 5.75 Å². The molecule has 1 amide bonds. The molecule has 0 bridgehead atoms. The topological polar surface area (TPSA) is 46.1 Å². The number of carbonyl (C=O) groups is 1. The number of nitrogens with zero attached hydrogens (tertiary/aromatic N) is 3. The predicted octanol–water partition coefficient (Wildman–Crippen LogP) is 4.53. The van der Waals surface area contributed by atoms with Crippen LogP contribution in [0.15, 0.2) is 71.8 Å². The molecule has 27 heavy (non-hydrogen) atoms. The molecule has 1 saturated heterocycles. The second kappa shape index (κ2) is 8.35. The number of thioether (sulfide) groups is 1. The van der Waals surface area contributed by atoms with Crippen molar-refractivity contribution in [3.05, 3.63) is 66.7 Å². The number of carbonyl (C=O) groups excluding carboxylic acids is 1. The summed E-state index contributed by atoms with van der Waals surface area (Å²) in [5.74, 6) is 0.625. The first-order chi connectivity index (χ1) is 13.3. The van der Waals surface area contributed by atoms with E-state index in [9.17, 15) is 4.79 Å². The molecule has 1 fully saturated rings. The molecule has 0 spiro atoms. The number of aromatic nitrogens is 2. The first-order valence-electron chi connectivity index (χ1n) is 9.20. The number of amides is 1. The average Bonchev–Trinajstić information content (AvgIpc) is 3.28. The van der Waals surface area contributed by atoms with Gasteiger partial charge in [0.15, 0.2) is 0 Å². The smallest absolute Gasteiger partial charge is 0.232 e. The molecule has 0 radical (unpaired) electrons. The van der Waals surface area contributed by atoms with Gasteiger partial charge >= 0.3 is 0 Å². The van der Waals surface area contributed by atoms with Crippen molar-refractivity contribution in [3.8, 4) is 22.4 Å². The summed E-state index contributed by atoms with van der Waals surface area (Å²) in [5.41, 5.74) is 4.25. The van der Waals surface area contributed by atoms with E-state index in [-0.39, 0.29) is 5.91 Å². The van der Waals surface area contributed by atoms with Gasteiger partial charge in [-0.15, -0.1) is 10.2 Å². The Morgan fingerprint density at radius 1 is 0.815 bits per heavy atom. The highest BCUT2D eigenvalue weighted by atomic mass is 32.2. The number of hydrogen-bond acceptors (Lipinski definition) is 4. The SMILES string of the molecule is O=C(CSc1ccc(-c2ccc(-c3ccccc3)cc2)nn1)N1CCCC1. The molecule has 0 aliphatic carbocycles. The maximum absolute atomic E-state index is 12.1. The van der Waals surface area contributed by atoms with E-state index < -0.39 is 0 Å². The summed E-state index contributed by atoms with van der Waals surface area (Å²) in [5, 5.41) is 9.39. The Bertz CT molecular complexity index is 889. The zero-order chi connectivity index (χ0) is 18.5. The first-order valence-corrected chi connectivity index (χ1v) is 10.2. The maximum Gasteiger partial charge on any atom is 0.232 e. The van der Waals surface area contributed by atoms with E-state index >= 15 is 0 Å². The summed E-state index contributed by atoms with van der Waals surface area (Å²) in [4.78, 5) is 14.0. The number of rotatable bonds is 5. The molecule has 3 aromatic rings. The molecule has 0 saturated carbocycles. The second-order valence-electron chi connectivity index (χ2n) is 6.58. The van der Waals surface area contributed by atoms with Crippen molar-refractivity contribution in [2.45, 2.75) is 17.9 Å². The highest BCUT2D eigenvalue weighted by Crippen LogP contribution is 2.24. The van der Waals surface area contributed by atoms with E-state index in [1.54, 1.807) is 0 Å². The van der Waals surface area contributed by atoms with Crippen LogP contribution in [0.3, 0.4) is 0 Å². The van der Waals surface area contributed by atoms with Gasteiger partial charge in [0.1, 0.15) is 5.03 Å². The zero-order valence-corrected chi connectivity index (χ0v) is 15.9. The van der Waals surface area contributed by atoms with Crippen molar-refractivity contribution in [1.82, 2.24) is 15.1 Å². The largest absolute Gasteiger partial charge is 0.342 e. The highest BCUT2D eigenvalue weighted by molar-refractivity contribution is 7.99. The molecular weight excluding hydrogens is 354 g/mol. The van der Waals surface area contributed by atoms with Crippen LogP contribution in [-0.4, -0.2) is 39.8 Å². The van der Waals surface area contributed by atoms with Crippen LogP contribution in [0.4, 0.5) is 0 Å². The van der Waals surface area contributed by atoms with E-state index in [2.05, 4.69) is 46.6 Å². The Labute approximate surface area is 163 Å². The highest BCUT2D eigenvalue weighted by Gasteiger charge is 2.18. The fourth-order valence-corrected chi connectivity index (χ4v) is 3.93.